The Morgan fingerprint density at radius 2 is 2.27 bits per heavy atom. The van der Waals surface area contributed by atoms with Gasteiger partial charge in [0, 0.05) is 32.6 Å². The average molecular weight is 177 g/mol. The van der Waals surface area contributed by atoms with E-state index < -0.39 is 0 Å². The quantitative estimate of drug-likeness (QED) is 0.553. The molecule has 0 aliphatic carbocycles. The topological polar surface area (TPSA) is 23.6 Å². The number of hydrogen-bond donors (Lipinski definition) is 0. The van der Waals surface area contributed by atoms with Crippen molar-refractivity contribution in [1.82, 2.24) is 9.80 Å². The van der Waals surface area contributed by atoms with Gasteiger partial charge in [0.15, 0.2) is 0 Å². The largest absolute Gasteiger partial charge is 0.343 e. The molecule has 0 unspecified atom stereocenters. The van der Waals surface area contributed by atoms with E-state index in [1.165, 1.54) is 0 Å². The van der Waals surface area contributed by atoms with E-state index in [1.54, 1.807) is 4.90 Å². The SMILES string of the molecule is CN1CCN(CCCl)CC1=O. The first-order valence-electron chi connectivity index (χ1n) is 3.76. The summed E-state index contributed by atoms with van der Waals surface area (Å²) in [6, 6.07) is 0. The van der Waals surface area contributed by atoms with Crippen LogP contribution >= 0.6 is 11.6 Å². The van der Waals surface area contributed by atoms with Crippen molar-refractivity contribution < 1.29 is 4.79 Å². The highest BCUT2D eigenvalue weighted by molar-refractivity contribution is 6.18. The molecule has 0 atom stereocenters. The second kappa shape index (κ2) is 3.93. The Hall–Kier alpha value is -0.280. The fourth-order valence-corrected chi connectivity index (χ4v) is 1.36. The summed E-state index contributed by atoms with van der Waals surface area (Å²) < 4.78 is 0. The van der Waals surface area contributed by atoms with Crippen molar-refractivity contribution >= 4 is 17.5 Å². The van der Waals surface area contributed by atoms with E-state index in [-0.39, 0.29) is 5.91 Å². The lowest BCUT2D eigenvalue weighted by Gasteiger charge is -2.31. The van der Waals surface area contributed by atoms with Crippen LogP contribution in [0.25, 0.3) is 0 Å². The molecule has 0 aromatic rings. The minimum atomic E-state index is 0.196. The number of likely N-dealkylation sites (N-methyl/N-ethyl adjacent to an activating group) is 1. The van der Waals surface area contributed by atoms with Gasteiger partial charge in [-0.15, -0.1) is 11.6 Å². The molecule has 0 aromatic heterocycles. The molecule has 0 saturated carbocycles. The monoisotopic (exact) mass is 176 g/mol. The summed E-state index contributed by atoms with van der Waals surface area (Å²) in [5.41, 5.74) is 0. The van der Waals surface area contributed by atoms with Gasteiger partial charge in [0.1, 0.15) is 0 Å². The van der Waals surface area contributed by atoms with Crippen molar-refractivity contribution in [3.63, 3.8) is 0 Å². The molecular weight excluding hydrogens is 164 g/mol. The van der Waals surface area contributed by atoms with Crippen LogP contribution < -0.4 is 0 Å². The van der Waals surface area contributed by atoms with Crippen molar-refractivity contribution in [3.8, 4) is 0 Å². The van der Waals surface area contributed by atoms with Gasteiger partial charge in [-0.1, -0.05) is 0 Å². The van der Waals surface area contributed by atoms with E-state index in [0.29, 0.717) is 12.4 Å². The highest BCUT2D eigenvalue weighted by atomic mass is 35.5. The van der Waals surface area contributed by atoms with Crippen LogP contribution in [0.3, 0.4) is 0 Å². The highest BCUT2D eigenvalue weighted by Gasteiger charge is 2.19. The number of halogens is 1. The predicted molar refractivity (Wildman–Crippen MR) is 44.8 cm³/mol. The molecule has 0 radical (unpaired) electrons. The minimum absolute atomic E-state index is 0.196. The van der Waals surface area contributed by atoms with Gasteiger partial charge in [-0.3, -0.25) is 9.69 Å². The molecule has 11 heavy (non-hydrogen) atoms. The Bertz CT molecular complexity index is 151. The van der Waals surface area contributed by atoms with E-state index in [4.69, 9.17) is 11.6 Å². The molecule has 0 aromatic carbocycles. The number of amides is 1. The molecule has 0 N–H and O–H groups in total. The molecule has 64 valence electrons. The van der Waals surface area contributed by atoms with Crippen LogP contribution in [-0.4, -0.2) is 54.8 Å². The minimum Gasteiger partial charge on any atom is -0.343 e. The Kier molecular flexibility index (Phi) is 3.15. The Balaban J connectivity index is 2.34. The van der Waals surface area contributed by atoms with Crippen LogP contribution in [0.15, 0.2) is 0 Å². The van der Waals surface area contributed by atoms with Gasteiger partial charge >= 0.3 is 0 Å². The number of alkyl halides is 1. The van der Waals surface area contributed by atoms with Gasteiger partial charge in [-0.25, -0.2) is 0 Å². The molecule has 1 fully saturated rings. The maximum Gasteiger partial charge on any atom is 0.236 e. The zero-order valence-electron chi connectivity index (χ0n) is 6.72. The lowest BCUT2D eigenvalue weighted by Crippen LogP contribution is -2.48. The third-order valence-corrected chi connectivity index (χ3v) is 2.11. The van der Waals surface area contributed by atoms with Gasteiger partial charge in [-0.05, 0) is 0 Å². The normalized spacial score (nSPS) is 20.9. The molecular formula is C7H13ClN2O. The van der Waals surface area contributed by atoms with E-state index in [1.807, 2.05) is 7.05 Å². The summed E-state index contributed by atoms with van der Waals surface area (Å²) in [7, 11) is 1.83. The third kappa shape index (κ3) is 2.34. The molecule has 0 spiro atoms. The summed E-state index contributed by atoms with van der Waals surface area (Å²) in [4.78, 5) is 15.0. The predicted octanol–water partition coefficient (Wildman–Crippen LogP) is -0.000800. The Morgan fingerprint density at radius 1 is 1.55 bits per heavy atom. The second-order valence-electron chi connectivity index (χ2n) is 2.78. The van der Waals surface area contributed by atoms with E-state index >= 15 is 0 Å². The van der Waals surface area contributed by atoms with Crippen LogP contribution in [0.5, 0.6) is 0 Å². The first kappa shape index (κ1) is 8.81. The van der Waals surface area contributed by atoms with Gasteiger partial charge in [0.2, 0.25) is 5.91 Å². The lowest BCUT2D eigenvalue weighted by atomic mass is 10.3. The van der Waals surface area contributed by atoms with Crippen LogP contribution in [-0.2, 0) is 4.79 Å². The highest BCUT2D eigenvalue weighted by Crippen LogP contribution is 2.00. The van der Waals surface area contributed by atoms with Crippen LogP contribution in [0.1, 0.15) is 0 Å². The number of carbonyl (C=O) groups excluding carboxylic acids is 1. The maximum absolute atomic E-state index is 11.1. The number of hydrogen-bond acceptors (Lipinski definition) is 2. The summed E-state index contributed by atoms with van der Waals surface area (Å²) in [6.07, 6.45) is 0. The molecule has 1 amide bonds. The first-order chi connectivity index (χ1) is 5.24. The zero-order chi connectivity index (χ0) is 8.27. The van der Waals surface area contributed by atoms with Crippen molar-refractivity contribution in [1.29, 1.82) is 0 Å². The van der Waals surface area contributed by atoms with Crippen molar-refractivity contribution in [2.45, 2.75) is 0 Å². The van der Waals surface area contributed by atoms with Gasteiger partial charge in [0.25, 0.3) is 0 Å². The smallest absolute Gasteiger partial charge is 0.236 e. The van der Waals surface area contributed by atoms with E-state index in [2.05, 4.69) is 4.90 Å². The molecule has 1 heterocycles. The number of piperazine rings is 1. The van der Waals surface area contributed by atoms with Gasteiger partial charge in [0.05, 0.1) is 6.54 Å². The van der Waals surface area contributed by atoms with Crippen molar-refractivity contribution in [2.24, 2.45) is 0 Å². The van der Waals surface area contributed by atoms with E-state index in [9.17, 15) is 4.79 Å². The molecule has 1 aliphatic rings. The summed E-state index contributed by atoms with van der Waals surface area (Å²) in [6.45, 7) is 3.13. The molecule has 1 rings (SSSR count). The summed E-state index contributed by atoms with van der Waals surface area (Å²) in [5.74, 6) is 0.804. The summed E-state index contributed by atoms with van der Waals surface area (Å²) >= 11 is 5.55. The second-order valence-corrected chi connectivity index (χ2v) is 3.16. The molecule has 4 heteroatoms. The fraction of sp³-hybridized carbons (Fsp3) is 0.857. The van der Waals surface area contributed by atoms with Crippen LogP contribution in [0, 0.1) is 0 Å². The number of rotatable bonds is 2. The summed E-state index contributed by atoms with van der Waals surface area (Å²) in [5, 5.41) is 0. The van der Waals surface area contributed by atoms with Crippen LogP contribution in [0.4, 0.5) is 0 Å². The molecule has 1 saturated heterocycles. The van der Waals surface area contributed by atoms with Crippen molar-refractivity contribution in [3.05, 3.63) is 0 Å². The van der Waals surface area contributed by atoms with Crippen molar-refractivity contribution in [2.75, 3.05) is 39.1 Å². The Morgan fingerprint density at radius 3 is 2.82 bits per heavy atom. The van der Waals surface area contributed by atoms with Gasteiger partial charge in [-0.2, -0.15) is 0 Å². The maximum atomic E-state index is 11.1. The lowest BCUT2D eigenvalue weighted by molar-refractivity contribution is -0.134. The molecule has 0 bridgehead atoms. The Labute approximate surface area is 71.9 Å². The standard InChI is InChI=1S/C7H13ClN2O/c1-9-4-5-10(3-2-8)6-7(9)11/h2-6H2,1H3. The number of carbonyl (C=O) groups is 1. The number of nitrogens with zero attached hydrogens (tertiary/aromatic N) is 2. The fourth-order valence-electron chi connectivity index (χ4n) is 1.12. The van der Waals surface area contributed by atoms with Gasteiger partial charge < -0.3 is 4.90 Å². The van der Waals surface area contributed by atoms with E-state index in [0.717, 1.165) is 19.6 Å². The first-order valence-corrected chi connectivity index (χ1v) is 4.30. The third-order valence-electron chi connectivity index (χ3n) is 1.94. The molecule has 1 aliphatic heterocycles. The zero-order valence-corrected chi connectivity index (χ0v) is 7.47. The van der Waals surface area contributed by atoms with Crippen LogP contribution in [0.2, 0.25) is 0 Å². The average Bonchev–Trinajstić information content (AvgIpc) is 1.98. The molecule has 3 nitrogen and oxygen atoms in total.